The summed E-state index contributed by atoms with van der Waals surface area (Å²) in [4.78, 5) is 13.3. The number of sulfonamides is 1. The van der Waals surface area contributed by atoms with Crippen LogP contribution >= 0.6 is 0 Å². The van der Waals surface area contributed by atoms with Crippen LogP contribution in [0.25, 0.3) is 0 Å². The van der Waals surface area contributed by atoms with E-state index in [4.69, 9.17) is 5.11 Å². The lowest BCUT2D eigenvalue weighted by atomic mass is 10.1. The van der Waals surface area contributed by atoms with Crippen LogP contribution in [0, 0.1) is 0 Å². The molecule has 0 amide bonds. The molecule has 1 aromatic heterocycles. The number of rotatable bonds is 3. The number of hydrogen-bond donors (Lipinski definition) is 2. The second-order valence-electron chi connectivity index (χ2n) is 5.62. The molecule has 0 radical (unpaired) electrons. The summed E-state index contributed by atoms with van der Waals surface area (Å²) in [5.41, 5.74) is -0.308. The van der Waals surface area contributed by atoms with Gasteiger partial charge in [0.15, 0.2) is 5.03 Å². The van der Waals surface area contributed by atoms with Crippen molar-refractivity contribution in [3.8, 4) is 0 Å². The third-order valence-electron chi connectivity index (χ3n) is 4.54. The highest BCUT2D eigenvalue weighted by Crippen LogP contribution is 2.31. The lowest BCUT2D eigenvalue weighted by Gasteiger charge is -2.24. The second-order valence-corrected chi connectivity index (χ2v) is 7.49. The third kappa shape index (κ3) is 2.34. The van der Waals surface area contributed by atoms with Crippen molar-refractivity contribution in [2.45, 2.75) is 36.4 Å². The Morgan fingerprint density at radius 3 is 2.81 bits per heavy atom. The molecule has 8 nitrogen and oxygen atoms in total. The number of aromatic amines is 1. The summed E-state index contributed by atoms with van der Waals surface area (Å²) in [7, 11) is -1.83. The number of nitrogens with zero attached hydrogens (tertiary/aromatic N) is 3. The first-order valence-corrected chi connectivity index (χ1v) is 8.34. The standard InChI is InChI=1S/C12H18N4O4S/c1-15-8-2-3-9(15)7-16(5-4-8)21(19,20)11-10(12(17)18)6-13-14-11/h6,8-9H,2-5,7H2,1H3,(H,13,14)(H,17,18). The van der Waals surface area contributed by atoms with Gasteiger partial charge in [-0.3, -0.25) is 10.00 Å². The van der Waals surface area contributed by atoms with Crippen molar-refractivity contribution in [3.63, 3.8) is 0 Å². The van der Waals surface area contributed by atoms with Gasteiger partial charge in [0.2, 0.25) is 0 Å². The number of H-pyrrole nitrogens is 1. The molecule has 2 saturated heterocycles. The van der Waals surface area contributed by atoms with Crippen molar-refractivity contribution in [2.24, 2.45) is 0 Å². The largest absolute Gasteiger partial charge is 0.478 e. The van der Waals surface area contributed by atoms with E-state index in [-0.39, 0.29) is 16.6 Å². The Balaban J connectivity index is 1.92. The molecule has 2 unspecified atom stereocenters. The van der Waals surface area contributed by atoms with E-state index >= 15 is 0 Å². The first-order chi connectivity index (χ1) is 9.91. The van der Waals surface area contributed by atoms with E-state index in [1.165, 1.54) is 4.31 Å². The van der Waals surface area contributed by atoms with Gasteiger partial charge < -0.3 is 5.11 Å². The SMILES string of the molecule is CN1C2CCC1CN(S(=O)(=O)c1[nH]ncc1C(=O)O)CC2. The van der Waals surface area contributed by atoms with E-state index in [9.17, 15) is 13.2 Å². The second kappa shape index (κ2) is 5.08. The van der Waals surface area contributed by atoms with Crippen LogP contribution in [0.1, 0.15) is 29.6 Å². The number of likely N-dealkylation sites (N-methyl/N-ethyl adjacent to an activating group) is 1. The van der Waals surface area contributed by atoms with Crippen molar-refractivity contribution < 1.29 is 18.3 Å². The molecule has 3 rings (SSSR count). The highest BCUT2D eigenvalue weighted by atomic mass is 32.2. The zero-order valence-corrected chi connectivity index (χ0v) is 12.5. The molecular formula is C12H18N4O4S. The number of aromatic carboxylic acids is 1. The van der Waals surface area contributed by atoms with Gasteiger partial charge in [-0.15, -0.1) is 0 Å². The fourth-order valence-electron chi connectivity index (χ4n) is 3.25. The minimum atomic E-state index is -3.86. The number of fused-ring (bicyclic) bond motifs is 2. The smallest absolute Gasteiger partial charge is 0.340 e. The van der Waals surface area contributed by atoms with E-state index in [0.29, 0.717) is 19.1 Å². The molecule has 2 fully saturated rings. The minimum Gasteiger partial charge on any atom is -0.478 e. The molecule has 21 heavy (non-hydrogen) atoms. The van der Waals surface area contributed by atoms with Gasteiger partial charge in [0.25, 0.3) is 10.0 Å². The Morgan fingerprint density at radius 1 is 1.38 bits per heavy atom. The Morgan fingerprint density at radius 2 is 2.10 bits per heavy atom. The number of hydrogen-bond acceptors (Lipinski definition) is 5. The maximum atomic E-state index is 12.7. The molecule has 0 saturated carbocycles. The van der Waals surface area contributed by atoms with Crippen molar-refractivity contribution in [1.29, 1.82) is 0 Å². The van der Waals surface area contributed by atoms with Gasteiger partial charge in [0, 0.05) is 25.2 Å². The van der Waals surface area contributed by atoms with E-state index in [1.54, 1.807) is 0 Å². The topological polar surface area (TPSA) is 107 Å². The molecule has 116 valence electrons. The molecule has 2 aliphatic heterocycles. The normalized spacial score (nSPS) is 27.7. The molecule has 2 bridgehead atoms. The Bertz CT molecular complexity index is 656. The van der Waals surface area contributed by atoms with Crippen LogP contribution in [0.2, 0.25) is 0 Å². The molecular weight excluding hydrogens is 296 g/mol. The summed E-state index contributed by atoms with van der Waals surface area (Å²) in [6, 6.07) is 0.611. The number of carbonyl (C=O) groups is 1. The first-order valence-electron chi connectivity index (χ1n) is 6.90. The van der Waals surface area contributed by atoms with Crippen molar-refractivity contribution >= 4 is 16.0 Å². The van der Waals surface area contributed by atoms with E-state index in [0.717, 1.165) is 25.5 Å². The van der Waals surface area contributed by atoms with E-state index in [1.807, 2.05) is 7.05 Å². The van der Waals surface area contributed by atoms with Crippen LogP contribution in [0.5, 0.6) is 0 Å². The fourth-order valence-corrected chi connectivity index (χ4v) is 4.81. The first kappa shape index (κ1) is 14.5. The predicted molar refractivity (Wildman–Crippen MR) is 73.5 cm³/mol. The molecule has 9 heteroatoms. The molecule has 2 aliphatic rings. The summed E-state index contributed by atoms with van der Waals surface area (Å²) >= 11 is 0. The monoisotopic (exact) mass is 314 g/mol. The average molecular weight is 314 g/mol. The summed E-state index contributed by atoms with van der Waals surface area (Å²) in [6.07, 6.45) is 3.87. The van der Waals surface area contributed by atoms with Crippen molar-refractivity contribution in [3.05, 3.63) is 11.8 Å². The summed E-state index contributed by atoms with van der Waals surface area (Å²) in [6.45, 7) is 0.805. The number of carboxylic acid groups (broad SMARTS) is 1. The molecule has 0 aliphatic carbocycles. The van der Waals surface area contributed by atoms with Crippen LogP contribution in [0.15, 0.2) is 11.2 Å². The van der Waals surface area contributed by atoms with Gasteiger partial charge in [0.1, 0.15) is 5.56 Å². The van der Waals surface area contributed by atoms with Gasteiger partial charge in [-0.05, 0) is 26.3 Å². The maximum Gasteiger partial charge on any atom is 0.340 e. The Labute approximate surface area is 122 Å². The Hall–Kier alpha value is -1.45. The van der Waals surface area contributed by atoms with Crippen LogP contribution in [0.3, 0.4) is 0 Å². The zero-order chi connectivity index (χ0) is 15.2. The summed E-state index contributed by atoms with van der Waals surface area (Å²) in [5.74, 6) is -1.30. The zero-order valence-electron chi connectivity index (χ0n) is 11.7. The number of nitrogens with one attached hydrogen (secondary N) is 1. The highest BCUT2D eigenvalue weighted by Gasteiger charge is 2.40. The average Bonchev–Trinajstić information content (AvgIpc) is 2.95. The van der Waals surface area contributed by atoms with Crippen LogP contribution in [-0.2, 0) is 10.0 Å². The van der Waals surface area contributed by atoms with E-state index in [2.05, 4.69) is 15.1 Å². The quantitative estimate of drug-likeness (QED) is 0.811. The molecule has 2 atom stereocenters. The minimum absolute atomic E-state index is 0.198. The third-order valence-corrected chi connectivity index (χ3v) is 6.38. The van der Waals surface area contributed by atoms with Gasteiger partial charge >= 0.3 is 5.97 Å². The molecule has 1 aromatic rings. The highest BCUT2D eigenvalue weighted by molar-refractivity contribution is 7.89. The molecule has 2 N–H and O–H groups in total. The maximum absolute atomic E-state index is 12.7. The van der Waals surface area contributed by atoms with Gasteiger partial charge in [-0.1, -0.05) is 0 Å². The number of aromatic nitrogens is 2. The van der Waals surface area contributed by atoms with Crippen molar-refractivity contribution in [2.75, 3.05) is 20.1 Å². The fraction of sp³-hybridized carbons (Fsp3) is 0.667. The lowest BCUT2D eigenvalue weighted by Crippen LogP contribution is -2.40. The van der Waals surface area contributed by atoms with Crippen LogP contribution < -0.4 is 0 Å². The lowest BCUT2D eigenvalue weighted by molar-refractivity contribution is 0.0692. The number of carboxylic acids is 1. The van der Waals surface area contributed by atoms with Gasteiger partial charge in [-0.25, -0.2) is 13.2 Å². The summed E-state index contributed by atoms with van der Waals surface area (Å²) in [5, 5.41) is 14.6. The molecule has 0 aromatic carbocycles. The Kier molecular flexibility index (Phi) is 3.50. The van der Waals surface area contributed by atoms with Gasteiger partial charge in [0.05, 0.1) is 6.20 Å². The molecule has 3 heterocycles. The van der Waals surface area contributed by atoms with Crippen LogP contribution in [0.4, 0.5) is 0 Å². The molecule has 0 spiro atoms. The van der Waals surface area contributed by atoms with E-state index < -0.39 is 16.0 Å². The van der Waals surface area contributed by atoms with Crippen molar-refractivity contribution in [1.82, 2.24) is 19.4 Å². The summed E-state index contributed by atoms with van der Waals surface area (Å²) < 4.78 is 26.7. The van der Waals surface area contributed by atoms with Crippen LogP contribution in [-0.4, -0.2) is 71.1 Å². The van der Waals surface area contributed by atoms with Gasteiger partial charge in [-0.2, -0.15) is 9.40 Å². The predicted octanol–water partition coefficient (Wildman–Crippen LogP) is -0.0349.